The highest BCUT2D eigenvalue weighted by Crippen LogP contribution is 2.22. The zero-order valence-corrected chi connectivity index (χ0v) is 7.14. The lowest BCUT2D eigenvalue weighted by Gasteiger charge is -2.12. The van der Waals surface area contributed by atoms with Crippen LogP contribution in [0.4, 0.5) is 8.78 Å². The lowest BCUT2D eigenvalue weighted by atomic mass is 10.1. The summed E-state index contributed by atoms with van der Waals surface area (Å²) in [6.07, 6.45) is 1.36. The number of hydrogen-bond acceptors (Lipinski definition) is 1. The maximum absolute atomic E-state index is 13.2. The van der Waals surface area contributed by atoms with E-state index in [0.29, 0.717) is 11.3 Å². The summed E-state index contributed by atoms with van der Waals surface area (Å²) in [6, 6.07) is 3.05. The van der Waals surface area contributed by atoms with Crippen molar-refractivity contribution in [2.45, 2.75) is 26.2 Å². The Morgan fingerprint density at radius 1 is 1.42 bits per heavy atom. The highest BCUT2D eigenvalue weighted by atomic mass is 19.1. The number of pyridine rings is 1. The second-order valence-electron chi connectivity index (χ2n) is 3.16. The first-order chi connectivity index (χ1) is 5.54. The fourth-order valence-electron chi connectivity index (χ4n) is 0.855. The van der Waals surface area contributed by atoms with Gasteiger partial charge in [-0.25, -0.2) is 8.78 Å². The maximum atomic E-state index is 13.2. The van der Waals surface area contributed by atoms with Crippen LogP contribution in [-0.4, -0.2) is 4.98 Å². The molecule has 1 aromatic rings. The van der Waals surface area contributed by atoms with E-state index >= 15 is 0 Å². The molecule has 1 rings (SSSR count). The number of rotatable bonds is 2. The third-order valence-corrected chi connectivity index (χ3v) is 1.59. The topological polar surface area (TPSA) is 12.9 Å². The number of hydrogen-bond donors (Lipinski definition) is 0. The molecule has 0 spiro atoms. The van der Waals surface area contributed by atoms with E-state index in [2.05, 4.69) is 4.98 Å². The molecule has 1 heterocycles. The summed E-state index contributed by atoms with van der Waals surface area (Å²) in [5, 5.41) is 0. The molecule has 0 N–H and O–H groups in total. The Kier molecular flexibility index (Phi) is 2.40. The van der Waals surface area contributed by atoms with E-state index in [1.54, 1.807) is 6.07 Å². The van der Waals surface area contributed by atoms with Crippen LogP contribution in [0.15, 0.2) is 18.3 Å². The molecule has 0 radical (unpaired) electrons. The molecule has 0 amide bonds. The fourth-order valence-corrected chi connectivity index (χ4v) is 0.855. The zero-order valence-electron chi connectivity index (χ0n) is 7.14. The van der Waals surface area contributed by atoms with Gasteiger partial charge in [0.1, 0.15) is 12.3 Å². The van der Waals surface area contributed by atoms with Crippen LogP contribution >= 0.6 is 0 Å². The summed E-state index contributed by atoms with van der Waals surface area (Å²) in [6.45, 7) is 2.29. The van der Waals surface area contributed by atoms with E-state index in [1.165, 1.54) is 26.1 Å². The Hall–Kier alpha value is -0.990. The van der Waals surface area contributed by atoms with Crippen LogP contribution in [0.5, 0.6) is 0 Å². The minimum atomic E-state index is -1.45. The molecule has 0 aliphatic carbocycles. The van der Waals surface area contributed by atoms with E-state index in [4.69, 9.17) is 0 Å². The maximum Gasteiger partial charge on any atom is 0.147 e. The van der Waals surface area contributed by atoms with Gasteiger partial charge in [0.15, 0.2) is 0 Å². The fraction of sp³-hybridized carbons (Fsp3) is 0.444. The summed E-state index contributed by atoms with van der Waals surface area (Å²) >= 11 is 0. The van der Waals surface area contributed by atoms with Crippen molar-refractivity contribution >= 4 is 0 Å². The summed E-state index contributed by atoms with van der Waals surface area (Å²) in [5.74, 6) is 0. The van der Waals surface area contributed by atoms with E-state index in [0.717, 1.165) is 0 Å². The van der Waals surface area contributed by atoms with Crippen molar-refractivity contribution in [3.8, 4) is 0 Å². The Morgan fingerprint density at radius 2 is 2.08 bits per heavy atom. The van der Waals surface area contributed by atoms with Crippen LogP contribution in [-0.2, 0) is 12.3 Å². The van der Waals surface area contributed by atoms with Gasteiger partial charge < -0.3 is 0 Å². The predicted octanol–water partition coefficient (Wildman–Crippen LogP) is 2.76. The molecule has 0 saturated heterocycles. The molecule has 66 valence electrons. The molecule has 3 heteroatoms. The van der Waals surface area contributed by atoms with Crippen molar-refractivity contribution in [3.05, 3.63) is 29.6 Å². The minimum absolute atomic E-state index is 0.333. The van der Waals surface area contributed by atoms with Crippen LogP contribution in [0.1, 0.15) is 25.1 Å². The minimum Gasteiger partial charge on any atom is -0.258 e. The molecule has 0 aliphatic heterocycles. The van der Waals surface area contributed by atoms with Crippen LogP contribution in [0.2, 0.25) is 0 Å². The molecule has 0 aromatic carbocycles. The Labute approximate surface area is 70.4 Å². The van der Waals surface area contributed by atoms with E-state index < -0.39 is 12.3 Å². The van der Waals surface area contributed by atoms with Gasteiger partial charge in [-0.3, -0.25) is 4.98 Å². The average Bonchev–Trinajstić information content (AvgIpc) is 2.03. The highest BCUT2D eigenvalue weighted by molar-refractivity contribution is 5.17. The number of nitrogens with zero attached hydrogens (tertiary/aromatic N) is 1. The first-order valence-electron chi connectivity index (χ1n) is 3.74. The first kappa shape index (κ1) is 9.10. The SMILES string of the molecule is CC(C)(F)c1ccc(CF)cn1. The lowest BCUT2D eigenvalue weighted by molar-refractivity contribution is 0.214. The van der Waals surface area contributed by atoms with E-state index in [-0.39, 0.29) is 0 Å². The number of alkyl halides is 2. The summed E-state index contributed by atoms with van der Waals surface area (Å²) in [5.41, 5.74) is -0.642. The van der Waals surface area contributed by atoms with E-state index in [1.807, 2.05) is 0 Å². The third-order valence-electron chi connectivity index (χ3n) is 1.59. The van der Waals surface area contributed by atoms with Gasteiger partial charge in [0.05, 0.1) is 5.69 Å². The van der Waals surface area contributed by atoms with Crippen molar-refractivity contribution in [1.82, 2.24) is 4.98 Å². The van der Waals surface area contributed by atoms with Gasteiger partial charge in [-0.1, -0.05) is 6.07 Å². The second-order valence-corrected chi connectivity index (χ2v) is 3.16. The third kappa shape index (κ3) is 2.00. The molecule has 0 unspecified atom stereocenters. The Bertz CT molecular complexity index is 248. The molecule has 12 heavy (non-hydrogen) atoms. The smallest absolute Gasteiger partial charge is 0.147 e. The standard InChI is InChI=1S/C9H11F2N/c1-9(2,11)8-4-3-7(5-10)6-12-8/h3-4,6H,5H2,1-2H3. The average molecular weight is 171 g/mol. The van der Waals surface area contributed by atoms with Gasteiger partial charge in [-0.2, -0.15) is 0 Å². The molecule has 0 fully saturated rings. The Morgan fingerprint density at radius 3 is 2.42 bits per heavy atom. The van der Waals surface area contributed by atoms with Crippen LogP contribution in [0.3, 0.4) is 0 Å². The summed E-state index contributed by atoms with van der Waals surface area (Å²) in [7, 11) is 0. The van der Waals surface area contributed by atoms with Crippen molar-refractivity contribution in [3.63, 3.8) is 0 Å². The van der Waals surface area contributed by atoms with Crippen molar-refractivity contribution in [2.75, 3.05) is 0 Å². The molecule has 0 bridgehead atoms. The van der Waals surface area contributed by atoms with Gasteiger partial charge in [0.25, 0.3) is 0 Å². The zero-order chi connectivity index (χ0) is 9.19. The predicted molar refractivity (Wildman–Crippen MR) is 43.2 cm³/mol. The normalized spacial score (nSPS) is 11.7. The Balaban J connectivity index is 2.93. The summed E-state index contributed by atoms with van der Waals surface area (Å²) < 4.78 is 25.2. The van der Waals surface area contributed by atoms with Crippen LogP contribution in [0.25, 0.3) is 0 Å². The monoisotopic (exact) mass is 171 g/mol. The van der Waals surface area contributed by atoms with Gasteiger partial charge in [0.2, 0.25) is 0 Å². The van der Waals surface area contributed by atoms with Crippen LogP contribution in [0, 0.1) is 0 Å². The van der Waals surface area contributed by atoms with Gasteiger partial charge in [-0.15, -0.1) is 0 Å². The first-order valence-corrected chi connectivity index (χ1v) is 3.74. The van der Waals surface area contributed by atoms with Crippen LogP contribution < -0.4 is 0 Å². The van der Waals surface area contributed by atoms with Crippen molar-refractivity contribution in [2.24, 2.45) is 0 Å². The lowest BCUT2D eigenvalue weighted by Crippen LogP contribution is -2.11. The highest BCUT2D eigenvalue weighted by Gasteiger charge is 2.19. The largest absolute Gasteiger partial charge is 0.258 e. The molecular weight excluding hydrogens is 160 g/mol. The molecule has 0 atom stereocenters. The number of halogens is 2. The molecule has 1 nitrogen and oxygen atoms in total. The van der Waals surface area contributed by atoms with Crippen molar-refractivity contribution < 1.29 is 8.78 Å². The van der Waals surface area contributed by atoms with Gasteiger partial charge >= 0.3 is 0 Å². The van der Waals surface area contributed by atoms with Gasteiger partial charge in [0, 0.05) is 11.8 Å². The molecular formula is C9H11F2N. The molecule has 1 aromatic heterocycles. The van der Waals surface area contributed by atoms with Crippen molar-refractivity contribution in [1.29, 1.82) is 0 Å². The van der Waals surface area contributed by atoms with E-state index in [9.17, 15) is 8.78 Å². The molecule has 0 saturated carbocycles. The second kappa shape index (κ2) is 3.17. The van der Waals surface area contributed by atoms with Gasteiger partial charge in [-0.05, 0) is 19.9 Å². The number of aromatic nitrogens is 1. The summed E-state index contributed by atoms with van der Waals surface area (Å²) in [4.78, 5) is 3.81. The molecule has 0 aliphatic rings. The quantitative estimate of drug-likeness (QED) is 0.666.